The van der Waals surface area contributed by atoms with Crippen molar-refractivity contribution >= 4 is 29.3 Å². The lowest BCUT2D eigenvalue weighted by atomic mass is 10.1. The van der Waals surface area contributed by atoms with Crippen LogP contribution in [-0.4, -0.2) is 46.6 Å². The Hall–Kier alpha value is -2.08. The number of likely N-dealkylation sites (N-methyl/N-ethyl adjacent to an activating group) is 1. The second-order valence-corrected chi connectivity index (χ2v) is 5.98. The lowest BCUT2D eigenvalue weighted by Crippen LogP contribution is -2.34. The predicted molar refractivity (Wildman–Crippen MR) is 89.5 cm³/mol. The van der Waals surface area contributed by atoms with Gasteiger partial charge in [-0.2, -0.15) is 0 Å². The molecule has 118 valence electrons. The second-order valence-electron chi connectivity index (χ2n) is 5.61. The van der Waals surface area contributed by atoms with Crippen molar-refractivity contribution in [2.45, 2.75) is 13.8 Å². The molecule has 0 saturated carbocycles. The first-order valence-corrected chi connectivity index (χ1v) is 7.44. The third-order valence-electron chi connectivity index (χ3n) is 3.40. The molecule has 1 aliphatic heterocycles. The van der Waals surface area contributed by atoms with Crippen LogP contribution >= 0.6 is 12.2 Å². The van der Waals surface area contributed by atoms with E-state index in [4.69, 9.17) is 17.0 Å². The number of thiocarbonyl (C=S) groups is 1. The number of nitrogens with zero attached hydrogens (tertiary/aromatic N) is 2. The van der Waals surface area contributed by atoms with Crippen molar-refractivity contribution in [3.8, 4) is 11.5 Å². The summed E-state index contributed by atoms with van der Waals surface area (Å²) >= 11 is 5.35. The van der Waals surface area contributed by atoms with Crippen LogP contribution in [0.1, 0.15) is 19.4 Å². The van der Waals surface area contributed by atoms with Crippen molar-refractivity contribution in [3.63, 3.8) is 0 Å². The van der Waals surface area contributed by atoms with Crippen LogP contribution in [0.2, 0.25) is 0 Å². The van der Waals surface area contributed by atoms with E-state index in [2.05, 4.69) is 0 Å². The summed E-state index contributed by atoms with van der Waals surface area (Å²) in [5, 5.41) is 10.1. The molecule has 0 atom stereocenters. The minimum absolute atomic E-state index is 0.0627. The molecule has 0 spiro atoms. The van der Waals surface area contributed by atoms with E-state index in [-0.39, 0.29) is 11.7 Å². The minimum atomic E-state index is -0.103. The van der Waals surface area contributed by atoms with Crippen molar-refractivity contribution in [3.05, 3.63) is 29.5 Å². The molecule has 1 fully saturated rings. The number of benzene rings is 1. The summed E-state index contributed by atoms with van der Waals surface area (Å²) in [7, 11) is 3.27. The number of ether oxygens (including phenoxy) is 1. The number of carbonyl (C=O) groups is 1. The molecule has 0 aliphatic carbocycles. The number of hydrogen-bond donors (Lipinski definition) is 1. The Bertz CT molecular complexity index is 640. The van der Waals surface area contributed by atoms with Crippen molar-refractivity contribution in [1.29, 1.82) is 0 Å². The van der Waals surface area contributed by atoms with E-state index in [0.29, 0.717) is 29.0 Å². The quantitative estimate of drug-likeness (QED) is 0.682. The van der Waals surface area contributed by atoms with E-state index in [1.165, 1.54) is 13.2 Å². The van der Waals surface area contributed by atoms with E-state index in [9.17, 15) is 9.90 Å². The number of carbonyl (C=O) groups excluding carboxylic acids is 1. The van der Waals surface area contributed by atoms with E-state index < -0.39 is 0 Å². The number of aromatic hydroxyl groups is 1. The standard InChI is InChI=1S/C16H20N2O3S/c1-10(2)9-18-15(20)12(17(3)16(18)22)7-11-5-6-13(19)14(8-11)21-4/h5-8,10,19H,9H2,1-4H3/b12-7-. The number of methoxy groups -OCH3 is 1. The van der Waals surface area contributed by atoms with Crippen LogP contribution in [0.5, 0.6) is 11.5 Å². The van der Waals surface area contributed by atoms with Crippen molar-refractivity contribution in [1.82, 2.24) is 9.80 Å². The van der Waals surface area contributed by atoms with Gasteiger partial charge in [-0.3, -0.25) is 9.69 Å². The largest absolute Gasteiger partial charge is 0.504 e. The van der Waals surface area contributed by atoms with Crippen LogP contribution in [0.25, 0.3) is 6.08 Å². The first kappa shape index (κ1) is 16.3. The Kier molecular flexibility index (Phi) is 4.71. The minimum Gasteiger partial charge on any atom is -0.504 e. The van der Waals surface area contributed by atoms with Crippen LogP contribution in [0, 0.1) is 5.92 Å². The Morgan fingerprint density at radius 1 is 1.41 bits per heavy atom. The first-order chi connectivity index (χ1) is 10.3. The maximum Gasteiger partial charge on any atom is 0.276 e. The van der Waals surface area contributed by atoms with Gasteiger partial charge in [0.1, 0.15) is 5.70 Å². The summed E-state index contributed by atoms with van der Waals surface area (Å²) in [4.78, 5) is 15.9. The van der Waals surface area contributed by atoms with Crippen LogP contribution in [-0.2, 0) is 4.79 Å². The van der Waals surface area contributed by atoms with Crippen LogP contribution in [0.15, 0.2) is 23.9 Å². The maximum atomic E-state index is 12.5. The number of hydrogen-bond acceptors (Lipinski definition) is 4. The van der Waals surface area contributed by atoms with Gasteiger partial charge < -0.3 is 14.7 Å². The molecule has 0 aromatic heterocycles. The third kappa shape index (κ3) is 3.06. The molecule has 1 aliphatic rings. The highest BCUT2D eigenvalue weighted by Gasteiger charge is 2.35. The van der Waals surface area contributed by atoms with Crippen LogP contribution < -0.4 is 4.74 Å². The first-order valence-electron chi connectivity index (χ1n) is 7.03. The average molecular weight is 320 g/mol. The molecule has 1 saturated heterocycles. The Morgan fingerprint density at radius 3 is 2.68 bits per heavy atom. The molecule has 2 rings (SSSR count). The molecule has 6 heteroatoms. The summed E-state index contributed by atoms with van der Waals surface area (Å²) in [6.45, 7) is 4.68. The highest BCUT2D eigenvalue weighted by Crippen LogP contribution is 2.29. The number of amides is 1. The van der Waals surface area contributed by atoms with E-state index in [1.807, 2.05) is 13.8 Å². The van der Waals surface area contributed by atoms with Gasteiger partial charge in [-0.1, -0.05) is 19.9 Å². The molecular weight excluding hydrogens is 300 g/mol. The van der Waals surface area contributed by atoms with E-state index in [0.717, 1.165) is 5.56 Å². The molecular formula is C16H20N2O3S. The molecule has 1 N–H and O–H groups in total. The summed E-state index contributed by atoms with van der Waals surface area (Å²) in [6, 6.07) is 4.94. The highest BCUT2D eigenvalue weighted by molar-refractivity contribution is 7.80. The van der Waals surface area contributed by atoms with Crippen molar-refractivity contribution < 1.29 is 14.6 Å². The Balaban J connectivity index is 2.35. The summed E-state index contributed by atoms with van der Waals surface area (Å²) in [5.41, 5.74) is 1.28. The summed E-state index contributed by atoms with van der Waals surface area (Å²) < 4.78 is 5.08. The SMILES string of the molecule is COc1cc(/C=C2/C(=O)N(CC(C)C)C(=S)N2C)ccc1O. The van der Waals surface area contributed by atoms with Crippen LogP contribution in [0.4, 0.5) is 0 Å². The Labute approximate surface area is 135 Å². The predicted octanol–water partition coefficient (Wildman–Crippen LogP) is 2.46. The van der Waals surface area contributed by atoms with Gasteiger partial charge in [0.25, 0.3) is 5.91 Å². The van der Waals surface area contributed by atoms with Crippen LogP contribution in [0.3, 0.4) is 0 Å². The normalized spacial score (nSPS) is 17.0. The van der Waals surface area contributed by atoms with Gasteiger partial charge in [0.2, 0.25) is 0 Å². The zero-order chi connectivity index (χ0) is 16.4. The van der Waals surface area contributed by atoms with Crippen molar-refractivity contribution in [2.75, 3.05) is 20.7 Å². The molecule has 0 radical (unpaired) electrons. The van der Waals surface area contributed by atoms with Gasteiger partial charge in [0, 0.05) is 13.6 Å². The lowest BCUT2D eigenvalue weighted by molar-refractivity contribution is -0.122. The maximum absolute atomic E-state index is 12.5. The van der Waals surface area contributed by atoms with Crippen molar-refractivity contribution in [2.24, 2.45) is 5.92 Å². The number of phenols is 1. The molecule has 22 heavy (non-hydrogen) atoms. The molecule has 1 aromatic carbocycles. The number of rotatable bonds is 4. The smallest absolute Gasteiger partial charge is 0.276 e. The highest BCUT2D eigenvalue weighted by atomic mass is 32.1. The average Bonchev–Trinajstić information content (AvgIpc) is 2.66. The number of phenolic OH excluding ortho intramolecular Hbond substituents is 1. The fraction of sp³-hybridized carbons (Fsp3) is 0.375. The zero-order valence-electron chi connectivity index (χ0n) is 13.2. The van der Waals surface area contributed by atoms with Gasteiger partial charge >= 0.3 is 0 Å². The molecule has 0 bridgehead atoms. The second kappa shape index (κ2) is 6.36. The fourth-order valence-corrected chi connectivity index (χ4v) is 2.54. The van der Waals surface area contributed by atoms with Gasteiger partial charge in [-0.15, -0.1) is 0 Å². The molecule has 1 amide bonds. The molecule has 5 nitrogen and oxygen atoms in total. The van der Waals surface area contributed by atoms with E-state index >= 15 is 0 Å². The topological polar surface area (TPSA) is 53.0 Å². The third-order valence-corrected chi connectivity index (χ3v) is 3.89. The molecule has 1 aromatic rings. The van der Waals surface area contributed by atoms with Gasteiger partial charge in [0.05, 0.1) is 7.11 Å². The lowest BCUT2D eigenvalue weighted by Gasteiger charge is -2.18. The Morgan fingerprint density at radius 2 is 2.09 bits per heavy atom. The van der Waals surface area contributed by atoms with Gasteiger partial charge in [-0.25, -0.2) is 0 Å². The van der Waals surface area contributed by atoms with E-state index in [1.54, 1.807) is 35.1 Å². The zero-order valence-corrected chi connectivity index (χ0v) is 14.0. The fourth-order valence-electron chi connectivity index (χ4n) is 2.28. The molecule has 1 heterocycles. The summed E-state index contributed by atoms with van der Waals surface area (Å²) in [5.74, 6) is 0.661. The van der Waals surface area contributed by atoms with Gasteiger partial charge in [0.15, 0.2) is 16.6 Å². The molecule has 0 unspecified atom stereocenters. The monoisotopic (exact) mass is 320 g/mol. The van der Waals surface area contributed by atoms with Gasteiger partial charge in [-0.05, 0) is 41.9 Å². The summed E-state index contributed by atoms with van der Waals surface area (Å²) in [6.07, 6.45) is 1.75.